The van der Waals surface area contributed by atoms with Crippen LogP contribution in [0.25, 0.3) is 0 Å². The van der Waals surface area contributed by atoms with Crippen molar-refractivity contribution in [3.05, 3.63) is 60.2 Å². The average molecular weight is 326 g/mol. The molecule has 5 nitrogen and oxygen atoms in total. The Bertz CT molecular complexity index is 732. The summed E-state index contributed by atoms with van der Waals surface area (Å²) in [7, 11) is -3.73. The smallest absolute Gasteiger partial charge is 0.387 e. The molecular weight excluding hydrogens is 314 g/mol. The molecule has 0 heterocycles. The molecule has 0 amide bonds. The van der Waals surface area contributed by atoms with Crippen molar-refractivity contribution >= 4 is 16.2 Å². The maximum Gasteiger partial charge on any atom is 0.387 e. The molecule has 22 heavy (non-hydrogen) atoms. The summed E-state index contributed by atoms with van der Waals surface area (Å²) in [5, 5.41) is 3.63. The summed E-state index contributed by atoms with van der Waals surface area (Å²) in [5.74, 6) is 0.0111. The van der Waals surface area contributed by atoms with Crippen LogP contribution in [0.1, 0.15) is 5.56 Å². The van der Waals surface area contributed by atoms with Crippen LogP contribution >= 0.6 is 0 Å². The van der Waals surface area contributed by atoms with Gasteiger partial charge in [0.15, 0.2) is 0 Å². The number of hydrogen-bond donors (Lipinski definition) is 1. The number of hydrazone groups is 1. The number of nitrogens with one attached hydrogen (secondary N) is 1. The first kappa shape index (κ1) is 15.9. The Morgan fingerprint density at radius 2 is 1.68 bits per heavy atom. The van der Waals surface area contributed by atoms with Crippen LogP contribution in [0.4, 0.5) is 8.78 Å². The first-order valence-corrected chi connectivity index (χ1v) is 7.60. The molecule has 0 radical (unpaired) electrons. The minimum atomic E-state index is -3.73. The van der Waals surface area contributed by atoms with E-state index in [-0.39, 0.29) is 10.6 Å². The quantitative estimate of drug-likeness (QED) is 0.655. The van der Waals surface area contributed by atoms with Crippen molar-refractivity contribution in [2.24, 2.45) is 5.10 Å². The SMILES string of the molecule is O=S(=O)(N/N=C/c1ccc(OC(F)F)cc1)c1ccccc1. The molecule has 0 aromatic heterocycles. The molecular formula is C14H12F2N2O3S. The van der Waals surface area contributed by atoms with E-state index < -0.39 is 16.6 Å². The molecule has 0 saturated carbocycles. The van der Waals surface area contributed by atoms with E-state index in [0.29, 0.717) is 5.56 Å². The third-order valence-corrected chi connectivity index (χ3v) is 3.78. The van der Waals surface area contributed by atoms with E-state index >= 15 is 0 Å². The fourth-order valence-electron chi connectivity index (χ4n) is 1.56. The fraction of sp³-hybridized carbons (Fsp3) is 0.0714. The lowest BCUT2D eigenvalue weighted by Crippen LogP contribution is -2.18. The van der Waals surface area contributed by atoms with Crippen molar-refractivity contribution in [2.75, 3.05) is 0 Å². The van der Waals surface area contributed by atoms with Gasteiger partial charge >= 0.3 is 6.61 Å². The highest BCUT2D eigenvalue weighted by molar-refractivity contribution is 7.89. The van der Waals surface area contributed by atoms with E-state index in [1.54, 1.807) is 18.2 Å². The van der Waals surface area contributed by atoms with E-state index in [9.17, 15) is 17.2 Å². The van der Waals surface area contributed by atoms with Crippen molar-refractivity contribution < 1.29 is 21.9 Å². The Morgan fingerprint density at radius 3 is 2.27 bits per heavy atom. The lowest BCUT2D eigenvalue weighted by atomic mass is 10.2. The largest absolute Gasteiger partial charge is 0.435 e. The van der Waals surface area contributed by atoms with Crippen molar-refractivity contribution in [3.8, 4) is 5.75 Å². The number of hydrogen-bond acceptors (Lipinski definition) is 4. The lowest BCUT2D eigenvalue weighted by Gasteiger charge is -2.04. The summed E-state index contributed by atoms with van der Waals surface area (Å²) in [6, 6.07) is 13.4. The number of sulfonamides is 1. The molecule has 0 unspecified atom stereocenters. The molecule has 2 aromatic carbocycles. The van der Waals surface area contributed by atoms with Gasteiger partial charge in [0.1, 0.15) is 5.75 Å². The molecule has 2 aromatic rings. The summed E-state index contributed by atoms with van der Waals surface area (Å²) in [6.07, 6.45) is 1.26. The lowest BCUT2D eigenvalue weighted by molar-refractivity contribution is -0.0498. The summed E-state index contributed by atoms with van der Waals surface area (Å²) >= 11 is 0. The molecule has 0 aliphatic heterocycles. The fourth-order valence-corrected chi connectivity index (χ4v) is 2.37. The zero-order valence-electron chi connectivity index (χ0n) is 11.2. The van der Waals surface area contributed by atoms with Gasteiger partial charge in [-0.25, -0.2) is 4.83 Å². The van der Waals surface area contributed by atoms with E-state index in [1.807, 2.05) is 0 Å². The van der Waals surface area contributed by atoms with Gasteiger partial charge in [-0.2, -0.15) is 22.3 Å². The van der Waals surface area contributed by atoms with E-state index in [1.165, 1.54) is 42.6 Å². The molecule has 1 N–H and O–H groups in total. The van der Waals surface area contributed by atoms with Crippen molar-refractivity contribution in [1.29, 1.82) is 0 Å². The molecule has 2 rings (SSSR count). The highest BCUT2D eigenvalue weighted by atomic mass is 32.2. The molecule has 0 bridgehead atoms. The summed E-state index contributed by atoms with van der Waals surface area (Å²) in [4.78, 5) is 2.15. The Balaban J connectivity index is 2.00. The van der Waals surface area contributed by atoms with E-state index in [0.717, 1.165) is 0 Å². The number of rotatable bonds is 6. The van der Waals surface area contributed by atoms with Gasteiger partial charge in [-0.15, -0.1) is 0 Å². The van der Waals surface area contributed by atoms with Crippen molar-refractivity contribution in [1.82, 2.24) is 4.83 Å². The number of ether oxygens (including phenoxy) is 1. The van der Waals surface area contributed by atoms with E-state index in [2.05, 4.69) is 14.7 Å². The topological polar surface area (TPSA) is 67.8 Å². The second-order valence-electron chi connectivity index (χ2n) is 4.11. The number of halogens is 2. The van der Waals surface area contributed by atoms with Gasteiger partial charge in [0, 0.05) is 0 Å². The average Bonchev–Trinajstić information content (AvgIpc) is 2.49. The second-order valence-corrected chi connectivity index (χ2v) is 5.77. The standard InChI is InChI=1S/C14H12F2N2O3S/c15-14(16)21-12-8-6-11(7-9-12)10-17-18-22(19,20)13-4-2-1-3-5-13/h1-10,14,18H/b17-10+. The van der Waals surface area contributed by atoms with Crippen LogP contribution in [0.5, 0.6) is 5.75 Å². The van der Waals surface area contributed by atoms with Crippen LogP contribution in [-0.4, -0.2) is 21.2 Å². The zero-order valence-corrected chi connectivity index (χ0v) is 12.0. The van der Waals surface area contributed by atoms with Crippen LogP contribution in [0.2, 0.25) is 0 Å². The first-order chi connectivity index (χ1) is 10.5. The van der Waals surface area contributed by atoms with Crippen molar-refractivity contribution in [2.45, 2.75) is 11.5 Å². The summed E-state index contributed by atoms with van der Waals surface area (Å²) in [6.45, 7) is -2.89. The van der Waals surface area contributed by atoms with Crippen LogP contribution in [0.3, 0.4) is 0 Å². The number of alkyl halides is 2. The van der Waals surface area contributed by atoms with Gasteiger partial charge in [0.25, 0.3) is 10.0 Å². The van der Waals surface area contributed by atoms with Gasteiger partial charge in [-0.05, 0) is 42.0 Å². The molecule has 116 valence electrons. The maximum absolute atomic E-state index is 12.0. The Labute approximate surface area is 126 Å². The van der Waals surface area contributed by atoms with Gasteiger partial charge in [-0.1, -0.05) is 18.2 Å². The van der Waals surface area contributed by atoms with Gasteiger partial charge in [0.2, 0.25) is 0 Å². The van der Waals surface area contributed by atoms with Crippen LogP contribution in [-0.2, 0) is 10.0 Å². The molecule has 0 aliphatic rings. The van der Waals surface area contributed by atoms with Crippen LogP contribution in [0, 0.1) is 0 Å². The second kappa shape index (κ2) is 6.99. The van der Waals surface area contributed by atoms with E-state index in [4.69, 9.17) is 0 Å². The predicted molar refractivity (Wildman–Crippen MR) is 77.4 cm³/mol. The minimum absolute atomic E-state index is 0.0111. The highest BCUT2D eigenvalue weighted by Crippen LogP contribution is 2.14. The third kappa shape index (κ3) is 4.52. The first-order valence-electron chi connectivity index (χ1n) is 6.12. The highest BCUT2D eigenvalue weighted by Gasteiger charge is 2.11. The number of benzene rings is 2. The summed E-state index contributed by atoms with van der Waals surface area (Å²) in [5.41, 5.74) is 0.525. The molecule has 0 aliphatic carbocycles. The molecule has 0 saturated heterocycles. The van der Waals surface area contributed by atoms with Crippen molar-refractivity contribution in [3.63, 3.8) is 0 Å². The monoisotopic (exact) mass is 326 g/mol. The van der Waals surface area contributed by atoms with Crippen LogP contribution in [0.15, 0.2) is 64.6 Å². The zero-order chi connectivity index (χ0) is 16.0. The molecule has 8 heteroatoms. The Hall–Kier alpha value is -2.48. The number of nitrogens with zero attached hydrogens (tertiary/aromatic N) is 1. The molecule has 0 atom stereocenters. The normalized spacial score (nSPS) is 11.8. The van der Waals surface area contributed by atoms with Gasteiger partial charge < -0.3 is 4.74 Å². The minimum Gasteiger partial charge on any atom is -0.435 e. The Morgan fingerprint density at radius 1 is 1.05 bits per heavy atom. The predicted octanol–water partition coefficient (Wildman–Crippen LogP) is 2.60. The van der Waals surface area contributed by atoms with Gasteiger partial charge in [0.05, 0.1) is 11.1 Å². The third-order valence-electron chi connectivity index (χ3n) is 2.55. The summed E-state index contributed by atoms with van der Waals surface area (Å²) < 4.78 is 51.9. The Kier molecular flexibility index (Phi) is 5.05. The van der Waals surface area contributed by atoms with Crippen LogP contribution < -0.4 is 9.57 Å². The molecule has 0 fully saturated rings. The maximum atomic E-state index is 12.0. The van der Waals surface area contributed by atoms with Gasteiger partial charge in [-0.3, -0.25) is 0 Å². The molecule has 0 spiro atoms.